The Labute approximate surface area is 117 Å². The van der Waals surface area contributed by atoms with Gasteiger partial charge >= 0.3 is 0 Å². The number of carbonyl (C=O) groups excluding carboxylic acids is 2. The van der Waals surface area contributed by atoms with Gasteiger partial charge in [-0.05, 0) is 25.3 Å². The first-order chi connectivity index (χ1) is 9.68. The van der Waals surface area contributed by atoms with Crippen LogP contribution < -0.4 is 0 Å². The van der Waals surface area contributed by atoms with E-state index in [1.165, 1.54) is 4.90 Å². The summed E-state index contributed by atoms with van der Waals surface area (Å²) in [4.78, 5) is 26.7. The van der Waals surface area contributed by atoms with Crippen molar-refractivity contribution in [3.63, 3.8) is 0 Å². The molecule has 2 bridgehead atoms. The van der Waals surface area contributed by atoms with Crippen molar-refractivity contribution in [1.29, 1.82) is 0 Å². The lowest BCUT2D eigenvalue weighted by Gasteiger charge is -2.25. The lowest BCUT2D eigenvalue weighted by atomic mass is 9.81. The number of likely N-dealkylation sites (tertiary alicyclic amines) is 1. The fourth-order valence-electron chi connectivity index (χ4n) is 4.00. The van der Waals surface area contributed by atoms with Crippen LogP contribution in [0, 0.1) is 11.8 Å². The molecule has 3 aliphatic rings. The molecule has 3 aliphatic heterocycles. The van der Waals surface area contributed by atoms with Gasteiger partial charge in [-0.3, -0.25) is 14.5 Å². The second-order valence-corrected chi connectivity index (χ2v) is 5.98. The Kier molecular flexibility index (Phi) is 2.51. The normalized spacial score (nSPS) is 36.5. The van der Waals surface area contributed by atoms with Gasteiger partial charge in [-0.2, -0.15) is 0 Å². The molecule has 4 nitrogen and oxygen atoms in total. The summed E-state index contributed by atoms with van der Waals surface area (Å²) in [6.45, 7) is 1.93. The van der Waals surface area contributed by atoms with E-state index in [-0.39, 0.29) is 41.9 Å². The molecular weight excluding hydrogens is 254 g/mol. The van der Waals surface area contributed by atoms with Crippen molar-refractivity contribution >= 4 is 11.8 Å². The Morgan fingerprint density at radius 1 is 1.05 bits per heavy atom. The monoisotopic (exact) mass is 271 g/mol. The van der Waals surface area contributed by atoms with Crippen LogP contribution in [0.2, 0.25) is 0 Å². The summed E-state index contributed by atoms with van der Waals surface area (Å²) in [5.41, 5.74) is 1.00. The Morgan fingerprint density at radius 3 is 2.15 bits per heavy atom. The van der Waals surface area contributed by atoms with Crippen molar-refractivity contribution in [2.75, 3.05) is 0 Å². The Bertz CT molecular complexity index is 542. The molecule has 0 saturated carbocycles. The van der Waals surface area contributed by atoms with Crippen LogP contribution in [0.4, 0.5) is 0 Å². The molecule has 1 aromatic rings. The van der Waals surface area contributed by atoms with E-state index in [1.54, 1.807) is 0 Å². The van der Waals surface area contributed by atoms with Gasteiger partial charge in [-0.1, -0.05) is 30.3 Å². The summed E-state index contributed by atoms with van der Waals surface area (Å²) < 4.78 is 5.75. The first-order valence-corrected chi connectivity index (χ1v) is 7.26. The van der Waals surface area contributed by atoms with Crippen molar-refractivity contribution in [1.82, 2.24) is 4.90 Å². The van der Waals surface area contributed by atoms with Crippen LogP contribution in [0.15, 0.2) is 30.3 Å². The smallest absolute Gasteiger partial charge is 0.236 e. The van der Waals surface area contributed by atoms with E-state index in [9.17, 15) is 9.59 Å². The van der Waals surface area contributed by atoms with Gasteiger partial charge < -0.3 is 4.74 Å². The van der Waals surface area contributed by atoms with E-state index in [1.807, 2.05) is 37.3 Å². The highest BCUT2D eigenvalue weighted by atomic mass is 16.5. The predicted molar refractivity (Wildman–Crippen MR) is 71.6 cm³/mol. The average molecular weight is 271 g/mol. The van der Waals surface area contributed by atoms with Crippen LogP contribution in [0.25, 0.3) is 0 Å². The van der Waals surface area contributed by atoms with Gasteiger partial charge in [0.05, 0.1) is 30.1 Å². The molecule has 5 atom stereocenters. The third kappa shape index (κ3) is 1.45. The number of rotatable bonds is 2. The third-order valence-corrected chi connectivity index (χ3v) is 4.99. The van der Waals surface area contributed by atoms with Crippen molar-refractivity contribution in [2.45, 2.75) is 38.0 Å². The minimum Gasteiger partial charge on any atom is -0.373 e. The summed E-state index contributed by atoms with van der Waals surface area (Å²) in [5, 5.41) is 0. The van der Waals surface area contributed by atoms with E-state index in [0.29, 0.717) is 0 Å². The van der Waals surface area contributed by atoms with Gasteiger partial charge in [0.25, 0.3) is 0 Å². The maximum absolute atomic E-state index is 12.6. The minimum atomic E-state index is -0.229. The first-order valence-electron chi connectivity index (χ1n) is 7.26. The first kappa shape index (κ1) is 12.1. The van der Waals surface area contributed by atoms with E-state index in [2.05, 4.69) is 0 Å². The quantitative estimate of drug-likeness (QED) is 0.772. The van der Waals surface area contributed by atoms with Gasteiger partial charge in [0.2, 0.25) is 11.8 Å². The van der Waals surface area contributed by atoms with Crippen LogP contribution >= 0.6 is 0 Å². The number of amides is 2. The molecule has 3 fully saturated rings. The zero-order valence-electron chi connectivity index (χ0n) is 11.4. The third-order valence-electron chi connectivity index (χ3n) is 4.99. The Balaban J connectivity index is 1.67. The van der Waals surface area contributed by atoms with E-state index in [0.717, 1.165) is 18.4 Å². The molecule has 4 rings (SSSR count). The number of hydrogen-bond acceptors (Lipinski definition) is 3. The molecule has 3 unspecified atom stereocenters. The number of ether oxygens (including phenoxy) is 1. The van der Waals surface area contributed by atoms with Crippen LogP contribution in [-0.4, -0.2) is 28.9 Å². The number of nitrogens with zero attached hydrogens (tertiary/aromatic N) is 1. The van der Waals surface area contributed by atoms with Crippen LogP contribution in [0.3, 0.4) is 0 Å². The molecule has 0 aromatic heterocycles. The van der Waals surface area contributed by atoms with Gasteiger partial charge in [0, 0.05) is 0 Å². The largest absolute Gasteiger partial charge is 0.373 e. The number of carbonyl (C=O) groups is 2. The molecule has 0 N–H and O–H groups in total. The summed E-state index contributed by atoms with van der Waals surface area (Å²) in [6.07, 6.45) is 1.76. The summed E-state index contributed by atoms with van der Waals surface area (Å²) in [5.74, 6) is -0.535. The number of imide groups is 1. The highest BCUT2D eigenvalue weighted by Crippen LogP contribution is 2.50. The molecule has 0 radical (unpaired) electrons. The molecule has 1 aromatic carbocycles. The molecule has 4 heteroatoms. The molecule has 20 heavy (non-hydrogen) atoms. The lowest BCUT2D eigenvalue weighted by molar-refractivity contribution is -0.145. The topological polar surface area (TPSA) is 46.6 Å². The summed E-state index contributed by atoms with van der Waals surface area (Å²) >= 11 is 0. The van der Waals surface area contributed by atoms with Crippen LogP contribution in [0.1, 0.15) is 31.4 Å². The second kappa shape index (κ2) is 4.16. The zero-order valence-corrected chi connectivity index (χ0v) is 11.4. The van der Waals surface area contributed by atoms with Crippen LogP contribution in [-0.2, 0) is 14.3 Å². The molecule has 104 valence electrons. The average Bonchev–Trinajstić information content (AvgIpc) is 3.14. The van der Waals surface area contributed by atoms with Gasteiger partial charge in [-0.15, -0.1) is 0 Å². The van der Waals surface area contributed by atoms with Gasteiger partial charge in [-0.25, -0.2) is 0 Å². The Hall–Kier alpha value is -1.68. The number of fused-ring (bicyclic) bond motifs is 5. The maximum Gasteiger partial charge on any atom is 0.236 e. The van der Waals surface area contributed by atoms with Gasteiger partial charge in [0.15, 0.2) is 0 Å². The van der Waals surface area contributed by atoms with Gasteiger partial charge in [0.1, 0.15) is 0 Å². The molecule has 2 amide bonds. The molecule has 0 aliphatic carbocycles. The van der Waals surface area contributed by atoms with Crippen molar-refractivity contribution in [2.24, 2.45) is 11.8 Å². The zero-order chi connectivity index (χ0) is 13.9. The van der Waals surface area contributed by atoms with E-state index < -0.39 is 0 Å². The van der Waals surface area contributed by atoms with E-state index in [4.69, 9.17) is 4.74 Å². The summed E-state index contributed by atoms with van der Waals surface area (Å²) in [7, 11) is 0. The second-order valence-electron chi connectivity index (χ2n) is 5.98. The lowest BCUT2D eigenvalue weighted by Crippen LogP contribution is -2.36. The van der Waals surface area contributed by atoms with Crippen molar-refractivity contribution in [3.05, 3.63) is 35.9 Å². The maximum atomic E-state index is 12.6. The minimum absolute atomic E-state index is 0.0329. The number of benzene rings is 1. The molecule has 3 heterocycles. The molecular formula is C16H17NO3. The molecule has 3 saturated heterocycles. The highest BCUT2D eigenvalue weighted by molar-refractivity contribution is 6.06. The summed E-state index contributed by atoms with van der Waals surface area (Å²) in [6, 6.07) is 9.54. The predicted octanol–water partition coefficient (Wildman–Crippen LogP) is 1.91. The SMILES string of the molecule is C[C@@H](c1ccccc1)N1C(=O)C2C3CCC(O3)[C@H]2C1=O. The van der Waals surface area contributed by atoms with E-state index >= 15 is 0 Å². The standard InChI is InChI=1S/C16H17NO3/c1-9(10-5-3-2-4-6-10)17-15(18)13-11-7-8-12(20-11)14(13)16(17)19/h2-6,9,11-14H,7-8H2,1H3/t9-,11?,12?,13+,14?/m0/s1. The van der Waals surface area contributed by atoms with Crippen molar-refractivity contribution in [3.8, 4) is 0 Å². The highest BCUT2D eigenvalue weighted by Gasteiger charge is 2.62. The van der Waals surface area contributed by atoms with Crippen molar-refractivity contribution < 1.29 is 14.3 Å². The molecule has 0 spiro atoms. The van der Waals surface area contributed by atoms with Crippen LogP contribution in [0.5, 0.6) is 0 Å². The number of hydrogen-bond donors (Lipinski definition) is 0. The fraction of sp³-hybridized carbons (Fsp3) is 0.500. The fourth-order valence-corrected chi connectivity index (χ4v) is 4.00. The Morgan fingerprint density at radius 2 is 1.60 bits per heavy atom.